The van der Waals surface area contributed by atoms with Gasteiger partial charge in [0.25, 0.3) is 0 Å². The minimum absolute atomic E-state index is 0.336. The zero-order valence-corrected chi connectivity index (χ0v) is 10.1. The van der Waals surface area contributed by atoms with Gasteiger partial charge in [-0.15, -0.1) is 0 Å². The maximum Gasteiger partial charge on any atom is 0.0756 e. The van der Waals surface area contributed by atoms with Crippen molar-refractivity contribution in [3.63, 3.8) is 0 Å². The summed E-state index contributed by atoms with van der Waals surface area (Å²) in [5.74, 6) is 0.664. The highest BCUT2D eigenvalue weighted by Crippen LogP contribution is 2.18. The third-order valence-electron chi connectivity index (χ3n) is 2.32. The van der Waals surface area contributed by atoms with Crippen molar-refractivity contribution in [3.8, 4) is 0 Å². The average molecular weight is 207 g/mol. The maximum absolute atomic E-state index is 4.43. The molecule has 1 aromatic rings. The zero-order chi connectivity index (χ0) is 11.3. The van der Waals surface area contributed by atoms with Crippen molar-refractivity contribution in [1.82, 2.24) is 15.3 Å². The summed E-state index contributed by atoms with van der Waals surface area (Å²) in [4.78, 5) is 8.71. The lowest BCUT2D eigenvalue weighted by atomic mass is 10.0. The van der Waals surface area contributed by atoms with Gasteiger partial charge >= 0.3 is 0 Å². The number of hydrogen-bond acceptors (Lipinski definition) is 3. The lowest BCUT2D eigenvalue weighted by molar-refractivity contribution is 0.429. The average Bonchev–Trinajstić information content (AvgIpc) is 2.17. The number of rotatable bonds is 5. The summed E-state index contributed by atoms with van der Waals surface area (Å²) < 4.78 is 0. The summed E-state index contributed by atoms with van der Waals surface area (Å²) >= 11 is 0. The van der Waals surface area contributed by atoms with Crippen molar-refractivity contribution >= 4 is 0 Å². The second-order valence-corrected chi connectivity index (χ2v) is 4.32. The van der Waals surface area contributed by atoms with E-state index in [2.05, 4.69) is 36.1 Å². The maximum atomic E-state index is 4.43. The Kier molecular flexibility index (Phi) is 4.69. The normalized spacial score (nSPS) is 13.1. The predicted molar refractivity (Wildman–Crippen MR) is 62.6 cm³/mol. The molecule has 0 aliphatic heterocycles. The molecule has 1 N–H and O–H groups in total. The molecule has 1 heterocycles. The Morgan fingerprint density at radius 3 is 2.47 bits per heavy atom. The molecule has 0 saturated heterocycles. The van der Waals surface area contributed by atoms with E-state index in [-0.39, 0.29) is 0 Å². The summed E-state index contributed by atoms with van der Waals surface area (Å²) in [6, 6.07) is 0.336. The molecule has 3 heteroatoms. The van der Waals surface area contributed by atoms with Crippen LogP contribution in [0.3, 0.4) is 0 Å². The minimum Gasteiger partial charge on any atom is -0.309 e. The van der Waals surface area contributed by atoms with Crippen molar-refractivity contribution in [1.29, 1.82) is 0 Å². The molecule has 1 unspecified atom stereocenters. The molecule has 0 radical (unpaired) electrons. The van der Waals surface area contributed by atoms with Crippen LogP contribution in [0.1, 0.15) is 44.6 Å². The van der Waals surface area contributed by atoms with E-state index in [1.165, 1.54) is 0 Å². The van der Waals surface area contributed by atoms with Crippen LogP contribution in [0.2, 0.25) is 0 Å². The van der Waals surface area contributed by atoms with Crippen molar-refractivity contribution in [2.45, 2.75) is 40.2 Å². The van der Waals surface area contributed by atoms with E-state index in [1.54, 1.807) is 0 Å². The summed E-state index contributed by atoms with van der Waals surface area (Å²) in [6.07, 6.45) is 4.82. The number of aryl methyl sites for hydroxylation is 1. The molecule has 0 amide bonds. The van der Waals surface area contributed by atoms with Gasteiger partial charge in [0.2, 0.25) is 0 Å². The Morgan fingerprint density at radius 2 is 2.00 bits per heavy atom. The topological polar surface area (TPSA) is 37.8 Å². The number of hydrogen-bond donors (Lipinski definition) is 1. The molecule has 0 aliphatic rings. The first-order valence-corrected chi connectivity index (χ1v) is 5.65. The monoisotopic (exact) mass is 207 g/mol. The van der Waals surface area contributed by atoms with Gasteiger partial charge in [0.15, 0.2) is 0 Å². The van der Waals surface area contributed by atoms with Crippen LogP contribution in [-0.2, 0) is 0 Å². The van der Waals surface area contributed by atoms with Crippen molar-refractivity contribution in [2.75, 3.05) is 6.54 Å². The molecule has 0 saturated carbocycles. The first-order valence-electron chi connectivity index (χ1n) is 5.65. The standard InChI is InChI=1S/C12H21N3/c1-5-13-11(6-9(2)3)12-8-14-10(4)7-15-12/h7-9,11,13H,5-6H2,1-4H3. The molecule has 0 aromatic carbocycles. The van der Waals surface area contributed by atoms with Gasteiger partial charge in [-0.25, -0.2) is 0 Å². The third kappa shape index (κ3) is 3.96. The van der Waals surface area contributed by atoms with Crippen LogP contribution in [0.4, 0.5) is 0 Å². The molecule has 0 bridgehead atoms. The van der Waals surface area contributed by atoms with Gasteiger partial charge in [-0.2, -0.15) is 0 Å². The van der Waals surface area contributed by atoms with Gasteiger partial charge in [-0.1, -0.05) is 20.8 Å². The molecule has 1 rings (SSSR count). The van der Waals surface area contributed by atoms with Crippen LogP contribution in [0.5, 0.6) is 0 Å². The van der Waals surface area contributed by atoms with Crippen LogP contribution >= 0.6 is 0 Å². The molecule has 0 fully saturated rings. The Morgan fingerprint density at radius 1 is 1.27 bits per heavy atom. The molecule has 15 heavy (non-hydrogen) atoms. The van der Waals surface area contributed by atoms with E-state index >= 15 is 0 Å². The van der Waals surface area contributed by atoms with E-state index in [9.17, 15) is 0 Å². The van der Waals surface area contributed by atoms with Crippen LogP contribution in [0.15, 0.2) is 12.4 Å². The van der Waals surface area contributed by atoms with E-state index in [0.29, 0.717) is 12.0 Å². The van der Waals surface area contributed by atoms with Crippen molar-refractivity contribution in [3.05, 3.63) is 23.8 Å². The van der Waals surface area contributed by atoms with E-state index in [4.69, 9.17) is 0 Å². The minimum atomic E-state index is 0.336. The number of nitrogens with one attached hydrogen (secondary N) is 1. The van der Waals surface area contributed by atoms with Gasteiger partial charge in [-0.05, 0) is 25.8 Å². The fourth-order valence-corrected chi connectivity index (χ4v) is 1.61. The second-order valence-electron chi connectivity index (χ2n) is 4.32. The van der Waals surface area contributed by atoms with Gasteiger partial charge in [0, 0.05) is 6.20 Å². The third-order valence-corrected chi connectivity index (χ3v) is 2.32. The largest absolute Gasteiger partial charge is 0.309 e. The highest BCUT2D eigenvalue weighted by Gasteiger charge is 2.13. The lowest BCUT2D eigenvalue weighted by Gasteiger charge is -2.18. The van der Waals surface area contributed by atoms with E-state index in [0.717, 1.165) is 24.4 Å². The van der Waals surface area contributed by atoms with Crippen LogP contribution < -0.4 is 5.32 Å². The Labute approximate surface area is 92.3 Å². The molecular formula is C12H21N3. The fraction of sp³-hybridized carbons (Fsp3) is 0.667. The first-order chi connectivity index (χ1) is 7.13. The zero-order valence-electron chi connectivity index (χ0n) is 10.1. The number of aromatic nitrogens is 2. The highest BCUT2D eigenvalue weighted by atomic mass is 14.9. The van der Waals surface area contributed by atoms with Crippen LogP contribution in [0.25, 0.3) is 0 Å². The molecular weight excluding hydrogens is 186 g/mol. The second kappa shape index (κ2) is 5.81. The molecule has 1 atom stereocenters. The highest BCUT2D eigenvalue weighted by molar-refractivity contribution is 5.05. The number of nitrogens with zero attached hydrogens (tertiary/aromatic N) is 2. The summed E-state index contributed by atoms with van der Waals surface area (Å²) in [7, 11) is 0. The predicted octanol–water partition coefficient (Wildman–Crippen LogP) is 2.48. The molecule has 84 valence electrons. The molecule has 0 aliphatic carbocycles. The smallest absolute Gasteiger partial charge is 0.0756 e. The summed E-state index contributed by atoms with van der Waals surface area (Å²) in [5, 5.41) is 3.45. The van der Waals surface area contributed by atoms with Gasteiger partial charge in [-0.3, -0.25) is 9.97 Å². The van der Waals surface area contributed by atoms with E-state index < -0.39 is 0 Å². The Hall–Kier alpha value is -0.960. The molecule has 1 aromatic heterocycles. The summed E-state index contributed by atoms with van der Waals surface area (Å²) in [6.45, 7) is 9.50. The van der Waals surface area contributed by atoms with Crippen molar-refractivity contribution < 1.29 is 0 Å². The quantitative estimate of drug-likeness (QED) is 0.806. The summed E-state index contributed by atoms with van der Waals surface area (Å²) in [5.41, 5.74) is 2.02. The molecule has 3 nitrogen and oxygen atoms in total. The Bertz CT molecular complexity index is 279. The van der Waals surface area contributed by atoms with Gasteiger partial charge < -0.3 is 5.32 Å². The Balaban J connectivity index is 2.74. The van der Waals surface area contributed by atoms with Gasteiger partial charge in [0.1, 0.15) is 0 Å². The SMILES string of the molecule is CCNC(CC(C)C)c1cnc(C)cn1. The van der Waals surface area contributed by atoms with Crippen LogP contribution in [0, 0.1) is 12.8 Å². The first kappa shape index (κ1) is 12.1. The lowest BCUT2D eigenvalue weighted by Crippen LogP contribution is -2.23. The van der Waals surface area contributed by atoms with Crippen molar-refractivity contribution in [2.24, 2.45) is 5.92 Å². The van der Waals surface area contributed by atoms with Crippen LogP contribution in [-0.4, -0.2) is 16.5 Å². The van der Waals surface area contributed by atoms with E-state index in [1.807, 2.05) is 19.3 Å². The fourth-order valence-electron chi connectivity index (χ4n) is 1.61. The molecule has 0 spiro atoms. The van der Waals surface area contributed by atoms with Gasteiger partial charge in [0.05, 0.1) is 23.6 Å².